The van der Waals surface area contributed by atoms with Gasteiger partial charge in [0.15, 0.2) is 0 Å². The van der Waals surface area contributed by atoms with Gasteiger partial charge in [-0.25, -0.2) is 4.98 Å². The van der Waals surface area contributed by atoms with Crippen LogP contribution in [0.25, 0.3) is 93.1 Å². The number of fused-ring (bicyclic) bond motifs is 9. The molecule has 10 aromatic rings. The first-order chi connectivity index (χ1) is 23.3. The predicted octanol–water partition coefficient (Wildman–Crippen LogP) is 12.1. The molecule has 0 fully saturated rings. The molecule has 0 saturated carbocycles. The van der Waals surface area contributed by atoms with E-state index in [-0.39, 0.29) is 0 Å². The molecule has 47 heavy (non-hydrogen) atoms. The van der Waals surface area contributed by atoms with E-state index in [1.807, 2.05) is 0 Å². The molecule has 2 heterocycles. The van der Waals surface area contributed by atoms with Crippen molar-refractivity contribution in [3.63, 3.8) is 0 Å². The van der Waals surface area contributed by atoms with E-state index in [2.05, 4.69) is 174 Å². The van der Waals surface area contributed by atoms with Crippen molar-refractivity contribution >= 4 is 65.0 Å². The van der Waals surface area contributed by atoms with Crippen molar-refractivity contribution < 1.29 is 0 Å². The molecule has 0 aliphatic carbocycles. The number of rotatable bonds is 3. The summed E-state index contributed by atoms with van der Waals surface area (Å²) in [6, 6.07) is 61.4. The lowest BCUT2D eigenvalue weighted by Gasteiger charge is -2.14. The highest BCUT2D eigenvalue weighted by Crippen LogP contribution is 2.41. The number of hydrogen-bond acceptors (Lipinski definition) is 1. The summed E-state index contributed by atoms with van der Waals surface area (Å²) in [4.78, 5) is 5.32. The molecule has 2 heteroatoms. The minimum absolute atomic E-state index is 1.00. The summed E-state index contributed by atoms with van der Waals surface area (Å²) in [5.41, 5.74) is 9.10. The fraction of sp³-hybridized carbons (Fsp3) is 0. The molecule has 2 aromatic heterocycles. The predicted molar refractivity (Wildman–Crippen MR) is 199 cm³/mol. The van der Waals surface area contributed by atoms with Crippen molar-refractivity contribution in [2.45, 2.75) is 0 Å². The Morgan fingerprint density at radius 3 is 1.83 bits per heavy atom. The van der Waals surface area contributed by atoms with E-state index in [0.717, 1.165) is 27.8 Å². The fourth-order valence-electron chi connectivity index (χ4n) is 7.59. The maximum Gasteiger partial charge on any atom is 0.0788 e. The van der Waals surface area contributed by atoms with Crippen LogP contribution >= 0.6 is 0 Å². The molecule has 0 bridgehead atoms. The number of aromatic nitrogens is 2. The molecular formula is C45H28N2. The van der Waals surface area contributed by atoms with Crippen molar-refractivity contribution in [2.24, 2.45) is 0 Å². The third-order valence-electron chi connectivity index (χ3n) is 9.75. The van der Waals surface area contributed by atoms with Gasteiger partial charge >= 0.3 is 0 Å². The van der Waals surface area contributed by atoms with Gasteiger partial charge in [-0.3, -0.25) is 0 Å². The van der Waals surface area contributed by atoms with E-state index in [1.54, 1.807) is 0 Å². The summed E-state index contributed by atoms with van der Waals surface area (Å²) in [7, 11) is 0. The van der Waals surface area contributed by atoms with Crippen molar-refractivity contribution in [1.82, 2.24) is 9.55 Å². The fourth-order valence-corrected chi connectivity index (χ4v) is 7.59. The Morgan fingerprint density at radius 1 is 0.362 bits per heavy atom. The van der Waals surface area contributed by atoms with Gasteiger partial charge in [0, 0.05) is 32.8 Å². The van der Waals surface area contributed by atoms with Crippen LogP contribution in [0.15, 0.2) is 170 Å². The Hall–Kier alpha value is -6.25. The second-order valence-corrected chi connectivity index (χ2v) is 12.3. The first-order valence-electron chi connectivity index (χ1n) is 16.1. The van der Waals surface area contributed by atoms with Crippen molar-refractivity contribution in [3.05, 3.63) is 170 Å². The molecule has 0 aliphatic rings. The number of nitrogens with zero attached hydrogens (tertiary/aromatic N) is 2. The molecule has 0 N–H and O–H groups in total. The highest BCUT2D eigenvalue weighted by molar-refractivity contribution is 6.20. The maximum absolute atomic E-state index is 5.32. The van der Waals surface area contributed by atoms with Crippen LogP contribution < -0.4 is 0 Å². The summed E-state index contributed by atoms with van der Waals surface area (Å²) >= 11 is 0. The Morgan fingerprint density at radius 2 is 1.00 bits per heavy atom. The smallest absolute Gasteiger partial charge is 0.0788 e. The van der Waals surface area contributed by atoms with E-state index in [9.17, 15) is 0 Å². The van der Waals surface area contributed by atoms with E-state index in [0.29, 0.717) is 0 Å². The van der Waals surface area contributed by atoms with Gasteiger partial charge in [0.25, 0.3) is 0 Å². The van der Waals surface area contributed by atoms with Gasteiger partial charge in [-0.1, -0.05) is 127 Å². The molecule has 218 valence electrons. The van der Waals surface area contributed by atoms with Crippen LogP contribution in [0.4, 0.5) is 0 Å². The van der Waals surface area contributed by atoms with Gasteiger partial charge in [-0.2, -0.15) is 0 Å². The lowest BCUT2D eigenvalue weighted by atomic mass is 9.92. The molecule has 0 spiro atoms. The van der Waals surface area contributed by atoms with Gasteiger partial charge in [0.2, 0.25) is 0 Å². The SMILES string of the molecule is c1ccc(-n2c3ccccc3c3cc4c(cc32)c(-c2ccc(-c3cc5ccccc5c5ccccc35)cc2)nc2ccccc24)cc1. The zero-order chi connectivity index (χ0) is 30.9. The molecule has 0 radical (unpaired) electrons. The molecule has 8 aromatic carbocycles. The second kappa shape index (κ2) is 10.1. The zero-order valence-corrected chi connectivity index (χ0v) is 25.6. The normalized spacial score (nSPS) is 11.8. The van der Waals surface area contributed by atoms with Gasteiger partial charge < -0.3 is 4.57 Å². The molecule has 2 nitrogen and oxygen atoms in total. The largest absolute Gasteiger partial charge is 0.309 e. The average Bonchev–Trinajstić information content (AvgIpc) is 3.47. The van der Waals surface area contributed by atoms with Gasteiger partial charge in [0.1, 0.15) is 0 Å². The first-order valence-corrected chi connectivity index (χ1v) is 16.1. The van der Waals surface area contributed by atoms with Crippen LogP contribution in [-0.2, 0) is 0 Å². The lowest BCUT2D eigenvalue weighted by molar-refractivity contribution is 1.18. The molecular weight excluding hydrogens is 569 g/mol. The standard InChI is InChI=1S/C45H28N2/c1-2-13-32(14-3-1)47-43-21-11-9-19-37(43)40-27-39-36-18-8-10-20-42(36)46-45(41(39)28-44(40)47)30-24-22-29(23-25-30)38-26-31-12-4-5-15-33(31)34-16-6-7-17-35(34)38/h1-28H. The van der Waals surface area contributed by atoms with Crippen LogP contribution in [0.2, 0.25) is 0 Å². The summed E-state index contributed by atoms with van der Waals surface area (Å²) in [6.07, 6.45) is 0. The van der Waals surface area contributed by atoms with E-state index < -0.39 is 0 Å². The second-order valence-electron chi connectivity index (χ2n) is 12.3. The van der Waals surface area contributed by atoms with E-state index in [1.165, 1.54) is 65.3 Å². The Bertz CT molecular complexity index is 2830. The number of benzene rings is 8. The highest BCUT2D eigenvalue weighted by atomic mass is 15.0. The van der Waals surface area contributed by atoms with Crippen LogP contribution in [0, 0.1) is 0 Å². The van der Waals surface area contributed by atoms with Crippen molar-refractivity contribution in [3.8, 4) is 28.1 Å². The third kappa shape index (κ3) is 3.95. The third-order valence-corrected chi connectivity index (χ3v) is 9.75. The molecule has 0 saturated heterocycles. The highest BCUT2D eigenvalue weighted by Gasteiger charge is 2.18. The van der Waals surface area contributed by atoms with Gasteiger partial charge in [-0.05, 0) is 80.5 Å². The summed E-state index contributed by atoms with van der Waals surface area (Å²) < 4.78 is 2.39. The minimum atomic E-state index is 1.00. The zero-order valence-electron chi connectivity index (χ0n) is 25.6. The Kier molecular flexibility index (Phi) is 5.61. The molecule has 0 unspecified atom stereocenters. The van der Waals surface area contributed by atoms with Crippen LogP contribution in [0.5, 0.6) is 0 Å². The van der Waals surface area contributed by atoms with Crippen molar-refractivity contribution in [1.29, 1.82) is 0 Å². The van der Waals surface area contributed by atoms with Gasteiger partial charge in [-0.15, -0.1) is 0 Å². The first kappa shape index (κ1) is 26.0. The molecule has 0 amide bonds. The van der Waals surface area contributed by atoms with Gasteiger partial charge in [0.05, 0.1) is 22.2 Å². The van der Waals surface area contributed by atoms with E-state index >= 15 is 0 Å². The number of pyridine rings is 1. The quantitative estimate of drug-likeness (QED) is 0.186. The van der Waals surface area contributed by atoms with Crippen LogP contribution in [0.1, 0.15) is 0 Å². The number of para-hydroxylation sites is 3. The topological polar surface area (TPSA) is 17.8 Å². The average molecular weight is 597 g/mol. The Balaban J connectivity index is 1.23. The summed E-state index contributed by atoms with van der Waals surface area (Å²) in [5.74, 6) is 0. The van der Waals surface area contributed by atoms with Crippen LogP contribution in [0.3, 0.4) is 0 Å². The monoisotopic (exact) mass is 596 g/mol. The molecule has 10 rings (SSSR count). The lowest BCUT2D eigenvalue weighted by Crippen LogP contribution is -1.94. The maximum atomic E-state index is 5.32. The van der Waals surface area contributed by atoms with Crippen molar-refractivity contribution in [2.75, 3.05) is 0 Å². The summed E-state index contributed by atoms with van der Waals surface area (Å²) in [5, 5.41) is 11.1. The van der Waals surface area contributed by atoms with E-state index in [4.69, 9.17) is 4.98 Å². The Labute approximate surface area is 271 Å². The van der Waals surface area contributed by atoms with Crippen LogP contribution in [-0.4, -0.2) is 9.55 Å². The minimum Gasteiger partial charge on any atom is -0.309 e. The summed E-state index contributed by atoms with van der Waals surface area (Å²) in [6.45, 7) is 0. The molecule has 0 atom stereocenters. The molecule has 0 aliphatic heterocycles. The number of hydrogen-bond donors (Lipinski definition) is 0.